The summed E-state index contributed by atoms with van der Waals surface area (Å²) in [5.74, 6) is -0.369. The quantitative estimate of drug-likeness (QED) is 0.879. The van der Waals surface area contributed by atoms with E-state index in [9.17, 15) is 9.59 Å². The molecule has 1 unspecified atom stereocenters. The van der Waals surface area contributed by atoms with E-state index in [4.69, 9.17) is 5.73 Å². The van der Waals surface area contributed by atoms with Crippen LogP contribution in [0.5, 0.6) is 0 Å². The number of halogens is 1. The number of hydrogen-bond donors (Lipinski definition) is 2. The van der Waals surface area contributed by atoms with Gasteiger partial charge in [0.05, 0.1) is 6.54 Å². The monoisotopic (exact) mass is 325 g/mol. The molecule has 5 nitrogen and oxygen atoms in total. The number of nitrogens with one attached hydrogen (secondary N) is 1. The molecule has 1 atom stereocenters. The lowest BCUT2D eigenvalue weighted by Crippen LogP contribution is -2.52. The highest BCUT2D eigenvalue weighted by molar-refractivity contribution is 5.90. The topological polar surface area (TPSA) is 75.4 Å². The molecule has 0 radical (unpaired) electrons. The third-order valence-electron chi connectivity index (χ3n) is 3.95. The number of nitrogens with zero attached hydrogens (tertiary/aromatic N) is 1. The van der Waals surface area contributed by atoms with Crippen LogP contribution in [0.3, 0.4) is 0 Å². The Balaban J connectivity index is 0.00000242. The van der Waals surface area contributed by atoms with E-state index in [0.717, 1.165) is 31.5 Å². The predicted octanol–water partition coefficient (Wildman–Crippen LogP) is 1.41. The standard InChI is InChI=1S/C16H23N3O2.ClH/c1-16(17,13-8-4-2-5-9-13)15(21)18-12-14(20)19-10-6-3-7-11-19;/h2,4-5,8-9H,3,6-7,10-12,17H2,1H3,(H,18,21);1H. The van der Waals surface area contributed by atoms with Gasteiger partial charge in [-0.2, -0.15) is 0 Å². The van der Waals surface area contributed by atoms with Gasteiger partial charge in [-0.3, -0.25) is 9.59 Å². The number of likely N-dealkylation sites (tertiary alicyclic amines) is 1. The van der Waals surface area contributed by atoms with Crippen molar-refractivity contribution < 1.29 is 9.59 Å². The van der Waals surface area contributed by atoms with Gasteiger partial charge in [0, 0.05) is 13.1 Å². The van der Waals surface area contributed by atoms with E-state index >= 15 is 0 Å². The second-order valence-electron chi connectivity index (χ2n) is 5.69. The maximum atomic E-state index is 12.2. The molecule has 3 N–H and O–H groups in total. The van der Waals surface area contributed by atoms with Crippen molar-refractivity contribution in [3.63, 3.8) is 0 Å². The lowest BCUT2D eigenvalue weighted by atomic mass is 9.92. The molecule has 0 spiro atoms. The van der Waals surface area contributed by atoms with Gasteiger partial charge in [-0.1, -0.05) is 30.3 Å². The average Bonchev–Trinajstić information content (AvgIpc) is 2.53. The van der Waals surface area contributed by atoms with Gasteiger partial charge in [0.15, 0.2) is 0 Å². The van der Waals surface area contributed by atoms with Gasteiger partial charge in [-0.15, -0.1) is 12.4 Å². The fourth-order valence-corrected chi connectivity index (χ4v) is 2.51. The first-order valence-electron chi connectivity index (χ1n) is 7.42. The van der Waals surface area contributed by atoms with E-state index in [1.807, 2.05) is 30.3 Å². The third kappa shape index (κ3) is 4.45. The van der Waals surface area contributed by atoms with E-state index in [2.05, 4.69) is 5.32 Å². The first-order valence-corrected chi connectivity index (χ1v) is 7.42. The minimum Gasteiger partial charge on any atom is -0.345 e. The van der Waals surface area contributed by atoms with Gasteiger partial charge < -0.3 is 16.0 Å². The van der Waals surface area contributed by atoms with Gasteiger partial charge in [-0.05, 0) is 31.7 Å². The van der Waals surface area contributed by atoms with Crippen LogP contribution in [0, 0.1) is 0 Å². The number of carbonyl (C=O) groups excluding carboxylic acids is 2. The molecule has 1 aromatic carbocycles. The molecule has 1 aliphatic heterocycles. The van der Waals surface area contributed by atoms with Crippen molar-refractivity contribution in [3.05, 3.63) is 35.9 Å². The number of nitrogens with two attached hydrogens (primary N) is 1. The molecule has 6 heteroatoms. The van der Waals surface area contributed by atoms with Gasteiger partial charge >= 0.3 is 0 Å². The number of amides is 2. The SMILES string of the molecule is CC(N)(C(=O)NCC(=O)N1CCCCC1)c1ccccc1.Cl. The van der Waals surface area contributed by atoms with Crippen LogP contribution in [-0.4, -0.2) is 36.3 Å². The Morgan fingerprint density at radius 3 is 2.36 bits per heavy atom. The molecule has 2 rings (SSSR count). The van der Waals surface area contributed by atoms with Crippen LogP contribution in [0.1, 0.15) is 31.7 Å². The summed E-state index contributed by atoms with van der Waals surface area (Å²) in [6.07, 6.45) is 3.25. The average molecular weight is 326 g/mol. The molecular formula is C16H24ClN3O2. The minimum absolute atomic E-state index is 0. The van der Waals surface area contributed by atoms with E-state index < -0.39 is 5.54 Å². The van der Waals surface area contributed by atoms with Crippen molar-refractivity contribution in [1.29, 1.82) is 0 Å². The molecule has 22 heavy (non-hydrogen) atoms. The van der Waals surface area contributed by atoms with Gasteiger partial charge in [0.25, 0.3) is 0 Å². The molecule has 1 fully saturated rings. The molecular weight excluding hydrogens is 302 g/mol. The highest BCUT2D eigenvalue weighted by Gasteiger charge is 2.30. The molecule has 122 valence electrons. The number of hydrogen-bond acceptors (Lipinski definition) is 3. The van der Waals surface area contributed by atoms with Crippen molar-refractivity contribution in [2.45, 2.75) is 31.7 Å². The fourth-order valence-electron chi connectivity index (χ4n) is 2.51. The predicted molar refractivity (Wildman–Crippen MR) is 88.7 cm³/mol. The highest BCUT2D eigenvalue weighted by Crippen LogP contribution is 2.17. The number of benzene rings is 1. The molecule has 1 aromatic rings. The molecule has 0 saturated carbocycles. The smallest absolute Gasteiger partial charge is 0.244 e. The van der Waals surface area contributed by atoms with Crippen LogP contribution < -0.4 is 11.1 Å². The van der Waals surface area contributed by atoms with Crippen LogP contribution in [0.2, 0.25) is 0 Å². The number of carbonyl (C=O) groups is 2. The van der Waals surface area contributed by atoms with Crippen molar-refractivity contribution in [2.24, 2.45) is 5.73 Å². The third-order valence-corrected chi connectivity index (χ3v) is 3.95. The molecule has 1 heterocycles. The maximum absolute atomic E-state index is 12.2. The summed E-state index contributed by atoms with van der Waals surface area (Å²) in [6, 6.07) is 9.18. The first kappa shape index (κ1) is 18.5. The number of rotatable bonds is 4. The molecule has 0 bridgehead atoms. The van der Waals surface area contributed by atoms with Crippen molar-refractivity contribution in [3.8, 4) is 0 Å². The summed E-state index contributed by atoms with van der Waals surface area (Å²) in [6.45, 7) is 3.24. The van der Waals surface area contributed by atoms with Crippen LogP contribution in [-0.2, 0) is 15.1 Å². The van der Waals surface area contributed by atoms with E-state index in [1.165, 1.54) is 6.42 Å². The zero-order valence-electron chi connectivity index (χ0n) is 12.9. The van der Waals surface area contributed by atoms with E-state index in [1.54, 1.807) is 11.8 Å². The van der Waals surface area contributed by atoms with Gasteiger partial charge in [0.2, 0.25) is 11.8 Å². The van der Waals surface area contributed by atoms with Crippen molar-refractivity contribution in [2.75, 3.05) is 19.6 Å². The Morgan fingerprint density at radius 1 is 1.18 bits per heavy atom. The molecule has 1 aliphatic rings. The van der Waals surface area contributed by atoms with E-state index in [0.29, 0.717) is 0 Å². The largest absolute Gasteiger partial charge is 0.345 e. The van der Waals surface area contributed by atoms with Crippen molar-refractivity contribution in [1.82, 2.24) is 10.2 Å². The fraction of sp³-hybridized carbons (Fsp3) is 0.500. The first-order chi connectivity index (χ1) is 10.0. The Kier molecular flexibility index (Phi) is 6.84. The summed E-state index contributed by atoms with van der Waals surface area (Å²) in [5, 5.41) is 2.66. The summed E-state index contributed by atoms with van der Waals surface area (Å²) in [5.41, 5.74) is 5.70. The lowest BCUT2D eigenvalue weighted by Gasteiger charge is -2.28. The lowest BCUT2D eigenvalue weighted by molar-refractivity contribution is -0.134. The summed E-state index contributed by atoms with van der Waals surface area (Å²) in [4.78, 5) is 26.1. The van der Waals surface area contributed by atoms with Crippen LogP contribution in [0.4, 0.5) is 0 Å². The van der Waals surface area contributed by atoms with Gasteiger partial charge in [-0.25, -0.2) is 0 Å². The minimum atomic E-state index is -1.14. The Morgan fingerprint density at radius 2 is 1.77 bits per heavy atom. The summed E-state index contributed by atoms with van der Waals surface area (Å²) in [7, 11) is 0. The normalized spacial score (nSPS) is 17.1. The second kappa shape index (κ2) is 8.15. The molecule has 1 saturated heterocycles. The molecule has 0 aliphatic carbocycles. The summed E-state index contributed by atoms with van der Waals surface area (Å²) >= 11 is 0. The number of piperidine rings is 1. The van der Waals surface area contributed by atoms with Crippen LogP contribution in [0.25, 0.3) is 0 Å². The van der Waals surface area contributed by atoms with Crippen molar-refractivity contribution >= 4 is 24.2 Å². The maximum Gasteiger partial charge on any atom is 0.244 e. The van der Waals surface area contributed by atoms with E-state index in [-0.39, 0.29) is 30.8 Å². The Labute approximate surface area is 137 Å². The van der Waals surface area contributed by atoms with Crippen LogP contribution >= 0.6 is 12.4 Å². The Bertz CT molecular complexity index is 499. The zero-order valence-corrected chi connectivity index (χ0v) is 13.7. The van der Waals surface area contributed by atoms with Crippen LogP contribution in [0.15, 0.2) is 30.3 Å². The second-order valence-corrected chi connectivity index (χ2v) is 5.69. The summed E-state index contributed by atoms with van der Waals surface area (Å²) < 4.78 is 0. The van der Waals surface area contributed by atoms with Gasteiger partial charge in [0.1, 0.15) is 5.54 Å². The Hall–Kier alpha value is -1.59. The molecule has 2 amide bonds. The zero-order chi connectivity index (χ0) is 15.3. The highest BCUT2D eigenvalue weighted by atomic mass is 35.5. The molecule has 0 aromatic heterocycles.